The molecular weight excluding hydrogens is 190 g/mol. The normalized spacial score (nSPS) is 21.4. The summed E-state index contributed by atoms with van der Waals surface area (Å²) in [5.41, 5.74) is 0. The number of hydrogen-bond donors (Lipinski definition) is 0. The predicted octanol–water partition coefficient (Wildman–Crippen LogP) is 1.35. The van der Waals surface area contributed by atoms with E-state index in [-0.39, 0.29) is 5.91 Å². The number of amides is 1. The van der Waals surface area contributed by atoms with Crippen molar-refractivity contribution in [1.82, 2.24) is 14.9 Å². The summed E-state index contributed by atoms with van der Waals surface area (Å²) in [4.78, 5) is 21.8. The number of hydrogen-bond acceptors (Lipinski definition) is 3. The summed E-state index contributed by atoms with van der Waals surface area (Å²) in [5, 5.41) is 0. The highest BCUT2D eigenvalue weighted by Gasteiger charge is 2.23. The molecule has 0 unspecified atom stereocenters. The minimum Gasteiger partial charge on any atom is -0.336 e. The molecule has 1 aliphatic rings. The maximum atomic E-state index is 11.9. The van der Waals surface area contributed by atoms with Gasteiger partial charge in [0.25, 0.3) is 5.91 Å². The maximum Gasteiger partial charge on any atom is 0.291 e. The van der Waals surface area contributed by atoms with Crippen LogP contribution in [0.4, 0.5) is 0 Å². The molecule has 1 aromatic rings. The lowest BCUT2D eigenvalue weighted by molar-refractivity contribution is 0.0670. The third-order valence-electron chi connectivity index (χ3n) is 2.70. The van der Waals surface area contributed by atoms with Gasteiger partial charge in [-0.2, -0.15) is 0 Å². The van der Waals surface area contributed by atoms with Gasteiger partial charge in [0.05, 0.1) is 0 Å². The molecule has 1 aromatic heterocycles. The van der Waals surface area contributed by atoms with E-state index in [0.29, 0.717) is 11.7 Å². The average Bonchev–Trinajstić information content (AvgIpc) is 2.29. The molecule has 2 rings (SSSR count). The molecule has 0 spiro atoms. The Hall–Kier alpha value is -1.45. The lowest BCUT2D eigenvalue weighted by Crippen LogP contribution is -2.39. The van der Waals surface area contributed by atoms with Crippen LogP contribution >= 0.6 is 0 Å². The zero-order chi connectivity index (χ0) is 10.7. The SMILES string of the molecule is C[C@H]1CCCN(C(=O)c2ncccn2)C1. The molecule has 15 heavy (non-hydrogen) atoms. The lowest BCUT2D eigenvalue weighted by atomic mass is 10.0. The minimum atomic E-state index is -0.0397. The first-order chi connectivity index (χ1) is 7.27. The highest BCUT2D eigenvalue weighted by Crippen LogP contribution is 2.16. The molecule has 2 heterocycles. The Morgan fingerprint density at radius 2 is 2.20 bits per heavy atom. The Labute approximate surface area is 89.3 Å². The molecule has 80 valence electrons. The molecule has 0 aromatic carbocycles. The fourth-order valence-corrected chi connectivity index (χ4v) is 1.92. The molecule has 1 fully saturated rings. The van der Waals surface area contributed by atoms with Gasteiger partial charge in [0.2, 0.25) is 5.82 Å². The molecule has 0 radical (unpaired) electrons. The minimum absolute atomic E-state index is 0.0397. The van der Waals surface area contributed by atoms with E-state index in [4.69, 9.17) is 0 Å². The van der Waals surface area contributed by atoms with Gasteiger partial charge in [-0.05, 0) is 24.8 Å². The number of nitrogens with zero attached hydrogens (tertiary/aromatic N) is 3. The van der Waals surface area contributed by atoms with E-state index in [9.17, 15) is 4.79 Å². The van der Waals surface area contributed by atoms with Gasteiger partial charge in [-0.1, -0.05) is 6.92 Å². The van der Waals surface area contributed by atoms with E-state index >= 15 is 0 Å². The zero-order valence-electron chi connectivity index (χ0n) is 8.89. The summed E-state index contributed by atoms with van der Waals surface area (Å²) in [6.45, 7) is 3.84. The van der Waals surface area contributed by atoms with Crippen LogP contribution in [-0.4, -0.2) is 33.9 Å². The van der Waals surface area contributed by atoms with Crippen LogP contribution < -0.4 is 0 Å². The topological polar surface area (TPSA) is 46.1 Å². The summed E-state index contributed by atoms with van der Waals surface area (Å²) >= 11 is 0. The number of aromatic nitrogens is 2. The first kappa shape index (κ1) is 10.1. The van der Waals surface area contributed by atoms with E-state index in [2.05, 4.69) is 16.9 Å². The van der Waals surface area contributed by atoms with Crippen molar-refractivity contribution in [3.63, 3.8) is 0 Å². The summed E-state index contributed by atoms with van der Waals surface area (Å²) in [7, 11) is 0. The Balaban J connectivity index is 2.08. The third kappa shape index (κ3) is 2.32. The fraction of sp³-hybridized carbons (Fsp3) is 0.545. The number of rotatable bonds is 1. The van der Waals surface area contributed by atoms with Gasteiger partial charge in [0.15, 0.2) is 0 Å². The molecule has 0 saturated carbocycles. The largest absolute Gasteiger partial charge is 0.336 e. The molecule has 1 saturated heterocycles. The standard InChI is InChI=1S/C11H15N3O/c1-9-4-2-7-14(8-9)11(15)10-12-5-3-6-13-10/h3,5-6,9H,2,4,7-8H2,1H3/t9-/m0/s1. The van der Waals surface area contributed by atoms with Crippen LogP contribution in [0.15, 0.2) is 18.5 Å². The van der Waals surface area contributed by atoms with Crippen molar-refractivity contribution in [1.29, 1.82) is 0 Å². The fourth-order valence-electron chi connectivity index (χ4n) is 1.92. The van der Waals surface area contributed by atoms with E-state index in [0.717, 1.165) is 19.5 Å². The quantitative estimate of drug-likeness (QED) is 0.695. The van der Waals surface area contributed by atoms with Crippen molar-refractivity contribution in [2.45, 2.75) is 19.8 Å². The molecule has 4 nitrogen and oxygen atoms in total. The van der Waals surface area contributed by atoms with Gasteiger partial charge in [-0.25, -0.2) is 9.97 Å². The van der Waals surface area contributed by atoms with Crippen LogP contribution in [-0.2, 0) is 0 Å². The number of piperidine rings is 1. The van der Waals surface area contributed by atoms with Crippen molar-refractivity contribution in [2.75, 3.05) is 13.1 Å². The van der Waals surface area contributed by atoms with Crippen LogP contribution in [0.5, 0.6) is 0 Å². The first-order valence-corrected chi connectivity index (χ1v) is 5.33. The summed E-state index contributed by atoms with van der Waals surface area (Å²) in [5.74, 6) is 0.861. The second kappa shape index (κ2) is 4.38. The van der Waals surface area contributed by atoms with Gasteiger partial charge in [-0.15, -0.1) is 0 Å². The van der Waals surface area contributed by atoms with Gasteiger partial charge < -0.3 is 4.90 Å². The van der Waals surface area contributed by atoms with E-state index in [1.54, 1.807) is 18.5 Å². The van der Waals surface area contributed by atoms with Crippen molar-refractivity contribution in [2.24, 2.45) is 5.92 Å². The smallest absolute Gasteiger partial charge is 0.291 e. The molecule has 0 bridgehead atoms. The van der Waals surface area contributed by atoms with Crippen LogP contribution in [0.1, 0.15) is 30.4 Å². The van der Waals surface area contributed by atoms with Crippen LogP contribution in [0.3, 0.4) is 0 Å². The Morgan fingerprint density at radius 3 is 2.87 bits per heavy atom. The number of carbonyl (C=O) groups excluding carboxylic acids is 1. The molecule has 0 N–H and O–H groups in total. The number of likely N-dealkylation sites (tertiary alicyclic amines) is 1. The van der Waals surface area contributed by atoms with Gasteiger partial charge in [-0.3, -0.25) is 4.79 Å². The average molecular weight is 205 g/mol. The Morgan fingerprint density at radius 1 is 1.47 bits per heavy atom. The second-order valence-electron chi connectivity index (χ2n) is 4.07. The molecule has 1 aliphatic heterocycles. The Kier molecular flexibility index (Phi) is 2.94. The van der Waals surface area contributed by atoms with Crippen molar-refractivity contribution in [3.8, 4) is 0 Å². The van der Waals surface area contributed by atoms with Gasteiger partial charge in [0.1, 0.15) is 0 Å². The molecule has 4 heteroatoms. The molecule has 1 amide bonds. The van der Waals surface area contributed by atoms with Gasteiger partial charge >= 0.3 is 0 Å². The zero-order valence-corrected chi connectivity index (χ0v) is 8.89. The molecule has 0 aliphatic carbocycles. The molecule has 1 atom stereocenters. The third-order valence-corrected chi connectivity index (χ3v) is 2.70. The van der Waals surface area contributed by atoms with Gasteiger partial charge in [0, 0.05) is 25.5 Å². The summed E-state index contributed by atoms with van der Waals surface area (Å²) in [6, 6.07) is 1.72. The van der Waals surface area contributed by atoms with Crippen molar-refractivity contribution in [3.05, 3.63) is 24.3 Å². The summed E-state index contributed by atoms with van der Waals surface area (Å²) in [6.07, 6.45) is 5.50. The number of carbonyl (C=O) groups is 1. The monoisotopic (exact) mass is 205 g/mol. The van der Waals surface area contributed by atoms with Crippen molar-refractivity contribution < 1.29 is 4.79 Å². The first-order valence-electron chi connectivity index (χ1n) is 5.33. The van der Waals surface area contributed by atoms with Crippen LogP contribution in [0, 0.1) is 5.92 Å². The van der Waals surface area contributed by atoms with Crippen LogP contribution in [0.25, 0.3) is 0 Å². The van der Waals surface area contributed by atoms with Crippen LogP contribution in [0.2, 0.25) is 0 Å². The second-order valence-corrected chi connectivity index (χ2v) is 4.07. The van der Waals surface area contributed by atoms with E-state index in [1.165, 1.54) is 6.42 Å². The molecular formula is C11H15N3O. The maximum absolute atomic E-state index is 11.9. The lowest BCUT2D eigenvalue weighted by Gasteiger charge is -2.30. The predicted molar refractivity (Wildman–Crippen MR) is 56.3 cm³/mol. The highest BCUT2D eigenvalue weighted by atomic mass is 16.2. The summed E-state index contributed by atoms with van der Waals surface area (Å²) < 4.78 is 0. The Bertz CT molecular complexity index is 339. The van der Waals surface area contributed by atoms with E-state index < -0.39 is 0 Å². The highest BCUT2D eigenvalue weighted by molar-refractivity contribution is 5.90. The van der Waals surface area contributed by atoms with E-state index in [1.807, 2.05) is 4.90 Å². The van der Waals surface area contributed by atoms with Crippen molar-refractivity contribution >= 4 is 5.91 Å².